The van der Waals surface area contributed by atoms with Crippen LogP contribution < -0.4 is 4.74 Å². The fraction of sp³-hybridized carbons (Fsp3) is 0.208. The Morgan fingerprint density at radius 3 is 2.41 bits per heavy atom. The highest BCUT2D eigenvalue weighted by atomic mass is 16.5. The van der Waals surface area contributed by atoms with Crippen LogP contribution in [0, 0.1) is 13.8 Å². The van der Waals surface area contributed by atoms with E-state index in [1.54, 1.807) is 19.1 Å². The molecule has 0 N–H and O–H groups in total. The number of fused-ring (bicyclic) bond motifs is 1. The first kappa shape index (κ1) is 21.2. The van der Waals surface area contributed by atoms with E-state index in [9.17, 15) is 9.59 Å². The van der Waals surface area contributed by atoms with Gasteiger partial charge in [0.15, 0.2) is 12.4 Å². The number of ether oxygens (including phenoxy) is 3. The van der Waals surface area contributed by atoms with Crippen molar-refractivity contribution in [1.29, 1.82) is 0 Å². The molecule has 0 atom stereocenters. The minimum absolute atomic E-state index is 0.185. The van der Waals surface area contributed by atoms with E-state index in [-0.39, 0.29) is 30.1 Å². The fourth-order valence-corrected chi connectivity index (χ4v) is 3.31. The number of hydrogen-bond acceptors (Lipinski definition) is 8. The summed E-state index contributed by atoms with van der Waals surface area (Å²) in [4.78, 5) is 24.8. The van der Waals surface area contributed by atoms with Gasteiger partial charge in [0.2, 0.25) is 0 Å². The van der Waals surface area contributed by atoms with Crippen LogP contribution in [-0.4, -0.2) is 24.2 Å². The van der Waals surface area contributed by atoms with Crippen LogP contribution in [0.15, 0.2) is 57.7 Å². The molecule has 164 valence electrons. The molecule has 8 nitrogen and oxygen atoms in total. The largest absolute Gasteiger partial charge is 0.488 e. The van der Waals surface area contributed by atoms with E-state index in [0.717, 1.165) is 22.0 Å². The zero-order valence-corrected chi connectivity index (χ0v) is 17.8. The van der Waals surface area contributed by atoms with Crippen molar-refractivity contribution in [2.45, 2.75) is 27.1 Å². The van der Waals surface area contributed by atoms with E-state index in [0.29, 0.717) is 11.5 Å². The number of carbonyl (C=O) groups excluding carboxylic acids is 2. The average molecular weight is 435 g/mol. The van der Waals surface area contributed by atoms with Gasteiger partial charge in [-0.3, -0.25) is 0 Å². The third kappa shape index (κ3) is 4.20. The summed E-state index contributed by atoms with van der Waals surface area (Å²) in [5.74, 6) is 0.0295. The standard InChI is InChI=1S/C24H21NO7/c1-14-20(15(2)32-25-14)12-30-21-11-17-7-5-4-6-16(17)10-19(21)24(27)31-13-22-18(8-9-29-22)23(26)28-3/h4-11H,12-13H2,1-3H3. The van der Waals surface area contributed by atoms with Crippen LogP contribution in [0.25, 0.3) is 10.8 Å². The number of rotatable bonds is 7. The number of esters is 2. The summed E-state index contributed by atoms with van der Waals surface area (Å²) < 4.78 is 26.6. The molecule has 32 heavy (non-hydrogen) atoms. The highest BCUT2D eigenvalue weighted by Gasteiger charge is 2.21. The molecule has 2 aromatic heterocycles. The maximum absolute atomic E-state index is 13.0. The van der Waals surface area contributed by atoms with Gasteiger partial charge in [-0.05, 0) is 42.8 Å². The lowest BCUT2D eigenvalue weighted by Gasteiger charge is -2.13. The molecule has 0 amide bonds. The molecular weight excluding hydrogens is 414 g/mol. The van der Waals surface area contributed by atoms with Crippen molar-refractivity contribution in [2.75, 3.05) is 7.11 Å². The molecule has 2 heterocycles. The summed E-state index contributed by atoms with van der Waals surface area (Å²) in [6, 6.07) is 12.6. The van der Waals surface area contributed by atoms with E-state index < -0.39 is 11.9 Å². The van der Waals surface area contributed by atoms with Crippen LogP contribution in [-0.2, 0) is 22.7 Å². The lowest BCUT2D eigenvalue weighted by atomic mass is 10.1. The minimum atomic E-state index is -0.614. The Morgan fingerprint density at radius 2 is 1.72 bits per heavy atom. The second-order valence-corrected chi connectivity index (χ2v) is 7.11. The van der Waals surface area contributed by atoms with Crippen molar-refractivity contribution in [2.24, 2.45) is 0 Å². The van der Waals surface area contributed by atoms with Gasteiger partial charge in [-0.25, -0.2) is 9.59 Å². The normalized spacial score (nSPS) is 10.8. The van der Waals surface area contributed by atoms with Crippen molar-refractivity contribution in [3.8, 4) is 5.75 Å². The lowest BCUT2D eigenvalue weighted by molar-refractivity contribution is 0.0427. The molecule has 0 fully saturated rings. The van der Waals surface area contributed by atoms with Gasteiger partial charge in [0.25, 0.3) is 0 Å². The summed E-state index contributed by atoms with van der Waals surface area (Å²) in [7, 11) is 1.27. The maximum atomic E-state index is 13.0. The zero-order valence-electron chi connectivity index (χ0n) is 17.8. The predicted molar refractivity (Wildman–Crippen MR) is 113 cm³/mol. The van der Waals surface area contributed by atoms with Crippen molar-refractivity contribution < 1.29 is 32.7 Å². The Hall–Kier alpha value is -4.07. The molecule has 8 heteroatoms. The minimum Gasteiger partial charge on any atom is -0.488 e. The Kier molecular flexibility index (Phi) is 5.93. The molecule has 0 saturated heterocycles. The topological polar surface area (TPSA) is 101 Å². The van der Waals surface area contributed by atoms with Gasteiger partial charge in [0.05, 0.1) is 24.6 Å². The molecule has 0 aliphatic carbocycles. The highest BCUT2D eigenvalue weighted by molar-refractivity contribution is 5.98. The maximum Gasteiger partial charge on any atom is 0.342 e. The Balaban J connectivity index is 1.60. The number of methoxy groups -OCH3 is 1. The number of hydrogen-bond donors (Lipinski definition) is 0. The summed E-state index contributed by atoms with van der Waals surface area (Å²) in [5, 5.41) is 5.70. The van der Waals surface area contributed by atoms with Crippen LogP contribution >= 0.6 is 0 Å². The molecule has 0 unspecified atom stereocenters. The Bertz CT molecular complexity index is 1270. The molecule has 4 rings (SSSR count). The summed E-state index contributed by atoms with van der Waals surface area (Å²) >= 11 is 0. The van der Waals surface area contributed by atoms with Gasteiger partial charge in [-0.15, -0.1) is 0 Å². The summed E-state index contributed by atoms with van der Waals surface area (Å²) in [5.41, 5.74) is 1.99. The van der Waals surface area contributed by atoms with Crippen molar-refractivity contribution in [1.82, 2.24) is 5.16 Å². The van der Waals surface area contributed by atoms with Gasteiger partial charge in [0.1, 0.15) is 29.2 Å². The molecule has 0 aliphatic heterocycles. The van der Waals surface area contributed by atoms with Crippen LogP contribution in [0.4, 0.5) is 0 Å². The average Bonchev–Trinajstić information content (AvgIpc) is 3.41. The zero-order chi connectivity index (χ0) is 22.7. The first-order valence-corrected chi connectivity index (χ1v) is 9.87. The van der Waals surface area contributed by atoms with E-state index in [4.69, 9.17) is 23.2 Å². The van der Waals surface area contributed by atoms with E-state index in [1.807, 2.05) is 31.2 Å². The molecule has 2 aromatic carbocycles. The molecule has 4 aromatic rings. The monoisotopic (exact) mass is 435 g/mol. The van der Waals surface area contributed by atoms with Crippen LogP contribution in [0.2, 0.25) is 0 Å². The SMILES string of the molecule is COC(=O)c1ccoc1COC(=O)c1cc2ccccc2cc1OCc1c(C)noc1C. The molecule has 0 saturated carbocycles. The van der Waals surface area contributed by atoms with Crippen molar-refractivity contribution in [3.05, 3.63) is 82.6 Å². The second kappa shape index (κ2) is 8.97. The van der Waals surface area contributed by atoms with E-state index >= 15 is 0 Å². The van der Waals surface area contributed by atoms with E-state index in [1.165, 1.54) is 19.4 Å². The summed E-state index contributed by atoms with van der Waals surface area (Å²) in [6.45, 7) is 3.58. The van der Waals surface area contributed by atoms with Gasteiger partial charge in [0, 0.05) is 0 Å². The first-order chi connectivity index (χ1) is 15.5. The number of nitrogens with zero attached hydrogens (tertiary/aromatic N) is 1. The third-order valence-electron chi connectivity index (χ3n) is 5.11. The van der Waals surface area contributed by atoms with Gasteiger partial charge in [-0.1, -0.05) is 29.4 Å². The van der Waals surface area contributed by atoms with E-state index in [2.05, 4.69) is 5.16 Å². The lowest BCUT2D eigenvalue weighted by Crippen LogP contribution is -2.10. The van der Waals surface area contributed by atoms with Crippen molar-refractivity contribution >= 4 is 22.7 Å². The summed E-state index contributed by atoms with van der Waals surface area (Å²) in [6.07, 6.45) is 1.34. The number of aryl methyl sites for hydroxylation is 2. The van der Waals surface area contributed by atoms with Gasteiger partial charge >= 0.3 is 11.9 Å². The second-order valence-electron chi connectivity index (χ2n) is 7.11. The number of carbonyl (C=O) groups is 2. The van der Waals surface area contributed by atoms with Crippen LogP contribution in [0.5, 0.6) is 5.75 Å². The quantitative estimate of drug-likeness (QED) is 0.383. The number of aromatic nitrogens is 1. The molecule has 0 aliphatic rings. The predicted octanol–water partition coefficient (Wildman–Crippen LogP) is 4.76. The van der Waals surface area contributed by atoms with Crippen molar-refractivity contribution in [3.63, 3.8) is 0 Å². The molecular formula is C24H21NO7. The number of benzene rings is 2. The smallest absolute Gasteiger partial charge is 0.342 e. The fourth-order valence-electron chi connectivity index (χ4n) is 3.31. The number of furan rings is 1. The highest BCUT2D eigenvalue weighted by Crippen LogP contribution is 2.29. The van der Waals surface area contributed by atoms with Crippen LogP contribution in [0.3, 0.4) is 0 Å². The first-order valence-electron chi connectivity index (χ1n) is 9.87. The van der Waals surface area contributed by atoms with Gasteiger partial charge in [-0.2, -0.15) is 0 Å². The molecule has 0 spiro atoms. The third-order valence-corrected chi connectivity index (χ3v) is 5.11. The van der Waals surface area contributed by atoms with Crippen LogP contribution in [0.1, 0.15) is 43.5 Å². The Labute approximate surface area is 183 Å². The van der Waals surface area contributed by atoms with Gasteiger partial charge < -0.3 is 23.2 Å². The molecule has 0 bridgehead atoms. The Morgan fingerprint density at radius 1 is 0.969 bits per heavy atom. The molecule has 0 radical (unpaired) electrons.